The van der Waals surface area contributed by atoms with Crippen LogP contribution >= 0.6 is 0 Å². The summed E-state index contributed by atoms with van der Waals surface area (Å²) in [5.41, 5.74) is 0. The summed E-state index contributed by atoms with van der Waals surface area (Å²) in [4.78, 5) is 22.1. The quantitative estimate of drug-likeness (QED) is 0.900. The van der Waals surface area contributed by atoms with Crippen molar-refractivity contribution >= 4 is 11.7 Å². The first kappa shape index (κ1) is 17.4. The number of nitrogens with one attached hydrogen (secondary N) is 1. The molecule has 1 amide bonds. The number of aromatic nitrogens is 1. The summed E-state index contributed by atoms with van der Waals surface area (Å²) in [6.07, 6.45) is 7.47. The van der Waals surface area contributed by atoms with Crippen LogP contribution in [0, 0.1) is 5.92 Å². The van der Waals surface area contributed by atoms with Gasteiger partial charge in [0.2, 0.25) is 5.91 Å². The summed E-state index contributed by atoms with van der Waals surface area (Å²) >= 11 is 0. The van der Waals surface area contributed by atoms with E-state index in [0.717, 1.165) is 51.4 Å². The molecule has 2 heterocycles. The van der Waals surface area contributed by atoms with E-state index in [1.54, 1.807) is 6.20 Å². The summed E-state index contributed by atoms with van der Waals surface area (Å²) in [5, 5.41) is 3.39. The summed E-state index contributed by atoms with van der Waals surface area (Å²) < 4.78 is 0. The normalized spacial score (nSPS) is 21.4. The van der Waals surface area contributed by atoms with E-state index in [4.69, 9.17) is 0 Å². The van der Waals surface area contributed by atoms with Gasteiger partial charge in [0.05, 0.1) is 0 Å². The molecule has 1 aromatic heterocycles. The van der Waals surface area contributed by atoms with Crippen molar-refractivity contribution in [2.45, 2.75) is 45.1 Å². The van der Waals surface area contributed by atoms with Crippen LogP contribution in [0.5, 0.6) is 0 Å². The van der Waals surface area contributed by atoms with Crippen molar-refractivity contribution < 1.29 is 4.79 Å². The molecule has 1 saturated heterocycles. The molecule has 0 bridgehead atoms. The molecular weight excluding hydrogens is 300 g/mol. The van der Waals surface area contributed by atoms with Gasteiger partial charge in [0.1, 0.15) is 5.82 Å². The molecule has 1 atom stereocenters. The number of hydrogen-bond acceptors (Lipinski definition) is 4. The number of piperazine rings is 1. The predicted molar refractivity (Wildman–Crippen MR) is 97.1 cm³/mol. The standard InChI is InChI=1S/C19H30N4O/c1-16(15-22-13-11-20-12-14-22)23(18-9-5-6-10-21-18)19(24)17-7-3-2-4-8-17/h5-6,9-10,16-17,20H,2-4,7-8,11-15H2,1H3. The van der Waals surface area contributed by atoms with Gasteiger partial charge in [-0.25, -0.2) is 4.98 Å². The maximum atomic E-state index is 13.2. The molecule has 1 unspecified atom stereocenters. The Bertz CT molecular complexity index is 509. The summed E-state index contributed by atoms with van der Waals surface area (Å²) in [6, 6.07) is 6.00. The fourth-order valence-corrected chi connectivity index (χ4v) is 3.95. The molecule has 24 heavy (non-hydrogen) atoms. The van der Waals surface area contributed by atoms with Crippen LogP contribution in [-0.2, 0) is 4.79 Å². The lowest BCUT2D eigenvalue weighted by molar-refractivity contribution is -0.123. The van der Waals surface area contributed by atoms with Crippen LogP contribution in [0.15, 0.2) is 24.4 Å². The zero-order chi connectivity index (χ0) is 16.8. The summed E-state index contributed by atoms with van der Waals surface area (Å²) in [7, 11) is 0. The van der Waals surface area contributed by atoms with Gasteiger partial charge in [0.15, 0.2) is 0 Å². The first-order chi connectivity index (χ1) is 11.8. The lowest BCUT2D eigenvalue weighted by Crippen LogP contribution is -2.52. The van der Waals surface area contributed by atoms with Gasteiger partial charge in [-0.05, 0) is 31.9 Å². The maximum absolute atomic E-state index is 13.2. The molecule has 0 spiro atoms. The molecule has 1 aromatic rings. The highest BCUT2D eigenvalue weighted by Gasteiger charge is 2.31. The van der Waals surface area contributed by atoms with Crippen molar-refractivity contribution in [3.8, 4) is 0 Å². The zero-order valence-corrected chi connectivity index (χ0v) is 14.8. The van der Waals surface area contributed by atoms with Crippen LogP contribution in [0.25, 0.3) is 0 Å². The van der Waals surface area contributed by atoms with Gasteiger partial charge in [0, 0.05) is 50.9 Å². The number of nitrogens with zero attached hydrogens (tertiary/aromatic N) is 3. The Balaban J connectivity index is 1.74. The fraction of sp³-hybridized carbons (Fsp3) is 0.684. The van der Waals surface area contributed by atoms with E-state index in [9.17, 15) is 4.79 Å². The summed E-state index contributed by atoms with van der Waals surface area (Å²) in [6.45, 7) is 7.25. The van der Waals surface area contributed by atoms with E-state index in [1.807, 2.05) is 23.1 Å². The van der Waals surface area contributed by atoms with Crippen molar-refractivity contribution in [3.63, 3.8) is 0 Å². The van der Waals surface area contributed by atoms with Gasteiger partial charge >= 0.3 is 0 Å². The van der Waals surface area contributed by atoms with Gasteiger partial charge < -0.3 is 5.32 Å². The number of hydrogen-bond donors (Lipinski definition) is 1. The second kappa shape index (κ2) is 8.58. The lowest BCUT2D eigenvalue weighted by Gasteiger charge is -2.37. The van der Waals surface area contributed by atoms with Gasteiger partial charge in [-0.3, -0.25) is 14.6 Å². The van der Waals surface area contributed by atoms with Crippen molar-refractivity contribution in [2.24, 2.45) is 5.92 Å². The van der Waals surface area contributed by atoms with Crippen molar-refractivity contribution in [3.05, 3.63) is 24.4 Å². The molecule has 0 aromatic carbocycles. The van der Waals surface area contributed by atoms with Crippen LogP contribution in [0.3, 0.4) is 0 Å². The van der Waals surface area contributed by atoms with Crippen LogP contribution in [-0.4, -0.2) is 54.6 Å². The van der Waals surface area contributed by atoms with Crippen LogP contribution in [0.4, 0.5) is 5.82 Å². The second-order valence-electron chi connectivity index (χ2n) is 7.13. The topological polar surface area (TPSA) is 48.5 Å². The smallest absolute Gasteiger partial charge is 0.231 e. The van der Waals surface area contributed by atoms with Crippen LogP contribution in [0.2, 0.25) is 0 Å². The maximum Gasteiger partial charge on any atom is 0.231 e. The molecule has 2 aliphatic rings. The largest absolute Gasteiger partial charge is 0.314 e. The van der Waals surface area contributed by atoms with Crippen molar-refractivity contribution in [1.29, 1.82) is 0 Å². The molecule has 5 heteroatoms. The number of pyridine rings is 1. The fourth-order valence-electron chi connectivity index (χ4n) is 3.95. The average Bonchev–Trinajstić information content (AvgIpc) is 2.64. The first-order valence-corrected chi connectivity index (χ1v) is 9.43. The third-order valence-corrected chi connectivity index (χ3v) is 5.26. The molecule has 5 nitrogen and oxygen atoms in total. The van der Waals surface area contributed by atoms with Crippen LogP contribution < -0.4 is 10.2 Å². The van der Waals surface area contributed by atoms with E-state index >= 15 is 0 Å². The molecule has 132 valence electrons. The molecule has 2 fully saturated rings. The Hall–Kier alpha value is -1.46. The monoisotopic (exact) mass is 330 g/mol. The van der Waals surface area contributed by atoms with Gasteiger partial charge in [0.25, 0.3) is 0 Å². The van der Waals surface area contributed by atoms with E-state index in [1.165, 1.54) is 19.3 Å². The minimum Gasteiger partial charge on any atom is -0.314 e. The number of amides is 1. The van der Waals surface area contributed by atoms with E-state index < -0.39 is 0 Å². The minimum atomic E-state index is 0.146. The molecule has 0 radical (unpaired) electrons. The molecule has 1 aliphatic heterocycles. The summed E-state index contributed by atoms with van der Waals surface area (Å²) in [5.74, 6) is 1.25. The first-order valence-electron chi connectivity index (χ1n) is 9.43. The number of carbonyl (C=O) groups is 1. The lowest BCUT2D eigenvalue weighted by atomic mass is 9.88. The Labute approximate surface area is 145 Å². The average molecular weight is 330 g/mol. The molecule has 3 rings (SSSR count). The van der Waals surface area contributed by atoms with E-state index in [-0.39, 0.29) is 17.9 Å². The third-order valence-electron chi connectivity index (χ3n) is 5.26. The second-order valence-corrected chi connectivity index (χ2v) is 7.13. The number of carbonyl (C=O) groups excluding carboxylic acids is 1. The number of rotatable bonds is 5. The molecule has 1 aliphatic carbocycles. The number of anilines is 1. The zero-order valence-electron chi connectivity index (χ0n) is 14.8. The molecular formula is C19H30N4O. The Morgan fingerprint density at radius 1 is 1.29 bits per heavy atom. The minimum absolute atomic E-state index is 0.146. The highest BCUT2D eigenvalue weighted by atomic mass is 16.2. The van der Waals surface area contributed by atoms with Gasteiger partial charge in [-0.15, -0.1) is 0 Å². The highest BCUT2D eigenvalue weighted by Crippen LogP contribution is 2.28. The predicted octanol–water partition coefficient (Wildman–Crippen LogP) is 2.29. The SMILES string of the molecule is CC(CN1CCNCC1)N(C(=O)C1CCCCC1)c1ccccn1. The Kier molecular flexibility index (Phi) is 6.21. The highest BCUT2D eigenvalue weighted by molar-refractivity contribution is 5.94. The van der Waals surface area contributed by atoms with Crippen molar-refractivity contribution in [2.75, 3.05) is 37.6 Å². The Morgan fingerprint density at radius 2 is 2.04 bits per heavy atom. The Morgan fingerprint density at radius 3 is 2.71 bits per heavy atom. The van der Waals surface area contributed by atoms with Gasteiger partial charge in [-0.1, -0.05) is 25.3 Å². The van der Waals surface area contributed by atoms with Gasteiger partial charge in [-0.2, -0.15) is 0 Å². The molecule has 1 saturated carbocycles. The van der Waals surface area contributed by atoms with E-state index in [0.29, 0.717) is 0 Å². The van der Waals surface area contributed by atoms with Crippen LogP contribution in [0.1, 0.15) is 39.0 Å². The van der Waals surface area contributed by atoms with E-state index in [2.05, 4.69) is 22.1 Å². The third kappa shape index (κ3) is 4.33. The van der Waals surface area contributed by atoms with Crippen molar-refractivity contribution in [1.82, 2.24) is 15.2 Å². The molecule has 1 N–H and O–H groups in total.